The number of carbonyl (C=O) groups is 2. The molecular formula is C20H25N5O4. The first-order chi connectivity index (χ1) is 13.9. The minimum absolute atomic E-state index is 0.0580. The molecule has 9 nitrogen and oxygen atoms in total. The molecule has 1 fully saturated rings. The summed E-state index contributed by atoms with van der Waals surface area (Å²) in [5.41, 5.74) is 2.17. The summed E-state index contributed by atoms with van der Waals surface area (Å²) in [7, 11) is 1.36. The number of aryl methyl sites for hydroxylation is 2. The standard InChI is InChI=1S/C20H25N5O4/c1-12-9-15(24-29-12)19(27)25-8-4-6-20(11-25)7-5-14-17(20)22-13(2)23-18(14)21-10-16(26)28-3/h9H,4-8,10-11H2,1-3H3,(H,21,22,23). The van der Waals surface area contributed by atoms with E-state index in [1.807, 2.05) is 11.8 Å². The fourth-order valence-electron chi connectivity index (χ4n) is 4.46. The van der Waals surface area contributed by atoms with Crippen molar-refractivity contribution in [1.82, 2.24) is 20.0 Å². The van der Waals surface area contributed by atoms with Gasteiger partial charge in [-0.3, -0.25) is 9.59 Å². The second kappa shape index (κ2) is 7.46. The summed E-state index contributed by atoms with van der Waals surface area (Å²) < 4.78 is 9.79. The first kappa shape index (κ1) is 19.4. The number of methoxy groups -OCH3 is 1. The van der Waals surface area contributed by atoms with Crippen LogP contribution < -0.4 is 5.32 Å². The second-order valence-corrected chi connectivity index (χ2v) is 7.81. The normalized spacial score (nSPS) is 20.6. The molecule has 1 N–H and O–H groups in total. The third kappa shape index (κ3) is 3.56. The number of piperidine rings is 1. The van der Waals surface area contributed by atoms with E-state index >= 15 is 0 Å². The lowest BCUT2D eigenvalue weighted by Crippen LogP contribution is -2.48. The molecule has 1 atom stereocenters. The number of carbonyl (C=O) groups excluding carboxylic acids is 2. The summed E-state index contributed by atoms with van der Waals surface area (Å²) in [5.74, 6) is 1.50. The maximum Gasteiger partial charge on any atom is 0.325 e. The van der Waals surface area contributed by atoms with Gasteiger partial charge in [0.2, 0.25) is 0 Å². The molecule has 1 unspecified atom stereocenters. The smallest absolute Gasteiger partial charge is 0.325 e. The predicted molar refractivity (Wildman–Crippen MR) is 104 cm³/mol. The number of rotatable bonds is 4. The third-order valence-corrected chi connectivity index (χ3v) is 5.81. The molecule has 1 amide bonds. The number of fused-ring (bicyclic) bond motifs is 2. The van der Waals surface area contributed by atoms with Crippen molar-refractivity contribution >= 4 is 17.7 Å². The largest absolute Gasteiger partial charge is 0.468 e. The second-order valence-electron chi connectivity index (χ2n) is 7.81. The van der Waals surface area contributed by atoms with E-state index in [1.54, 1.807) is 13.0 Å². The topological polar surface area (TPSA) is 110 Å². The lowest BCUT2D eigenvalue weighted by atomic mass is 9.77. The van der Waals surface area contributed by atoms with Gasteiger partial charge in [0.15, 0.2) is 5.69 Å². The lowest BCUT2D eigenvalue weighted by Gasteiger charge is -2.40. The highest BCUT2D eigenvalue weighted by molar-refractivity contribution is 5.92. The maximum absolute atomic E-state index is 12.9. The minimum atomic E-state index is -0.347. The number of nitrogens with zero attached hydrogens (tertiary/aromatic N) is 4. The van der Waals surface area contributed by atoms with Crippen molar-refractivity contribution in [2.75, 3.05) is 32.1 Å². The Kier molecular flexibility index (Phi) is 4.97. The first-order valence-electron chi connectivity index (χ1n) is 9.83. The Morgan fingerprint density at radius 1 is 1.31 bits per heavy atom. The Labute approximate surface area is 168 Å². The highest BCUT2D eigenvalue weighted by Gasteiger charge is 2.46. The van der Waals surface area contributed by atoms with Gasteiger partial charge in [0.05, 0.1) is 12.8 Å². The number of anilines is 1. The fraction of sp³-hybridized carbons (Fsp3) is 0.550. The van der Waals surface area contributed by atoms with Crippen LogP contribution in [0.2, 0.25) is 0 Å². The fourth-order valence-corrected chi connectivity index (χ4v) is 4.46. The van der Waals surface area contributed by atoms with E-state index in [-0.39, 0.29) is 23.8 Å². The zero-order valence-corrected chi connectivity index (χ0v) is 16.9. The van der Waals surface area contributed by atoms with Crippen molar-refractivity contribution in [2.45, 2.75) is 44.9 Å². The zero-order chi connectivity index (χ0) is 20.6. The number of amides is 1. The van der Waals surface area contributed by atoms with Gasteiger partial charge in [-0.25, -0.2) is 9.97 Å². The summed E-state index contributed by atoms with van der Waals surface area (Å²) in [5, 5.41) is 6.97. The molecule has 1 aliphatic heterocycles. The number of ether oxygens (including phenoxy) is 1. The molecular weight excluding hydrogens is 374 g/mol. The average molecular weight is 399 g/mol. The molecule has 0 aromatic carbocycles. The molecule has 2 aromatic heterocycles. The van der Waals surface area contributed by atoms with E-state index in [4.69, 9.17) is 14.2 Å². The predicted octanol–water partition coefficient (Wildman–Crippen LogP) is 1.79. The van der Waals surface area contributed by atoms with Gasteiger partial charge >= 0.3 is 5.97 Å². The summed E-state index contributed by atoms with van der Waals surface area (Å²) in [6.07, 6.45) is 3.57. The van der Waals surface area contributed by atoms with Crippen LogP contribution in [0.15, 0.2) is 10.6 Å². The Morgan fingerprint density at radius 2 is 2.14 bits per heavy atom. The van der Waals surface area contributed by atoms with E-state index in [9.17, 15) is 9.59 Å². The quantitative estimate of drug-likeness (QED) is 0.775. The Morgan fingerprint density at radius 3 is 2.86 bits per heavy atom. The van der Waals surface area contributed by atoms with Gasteiger partial charge in [-0.05, 0) is 39.5 Å². The van der Waals surface area contributed by atoms with Crippen molar-refractivity contribution < 1.29 is 18.8 Å². The summed E-state index contributed by atoms with van der Waals surface area (Å²) in [4.78, 5) is 35.6. The monoisotopic (exact) mass is 399 g/mol. The molecule has 1 saturated heterocycles. The van der Waals surface area contributed by atoms with Crippen molar-refractivity contribution in [3.63, 3.8) is 0 Å². The van der Waals surface area contributed by atoms with Crippen LogP contribution in [-0.4, -0.2) is 58.6 Å². The van der Waals surface area contributed by atoms with Gasteiger partial charge in [-0.1, -0.05) is 5.16 Å². The minimum Gasteiger partial charge on any atom is -0.468 e. The molecule has 1 spiro atoms. The van der Waals surface area contributed by atoms with Gasteiger partial charge in [-0.2, -0.15) is 0 Å². The van der Waals surface area contributed by atoms with E-state index in [2.05, 4.69) is 15.5 Å². The summed E-state index contributed by atoms with van der Waals surface area (Å²) in [6, 6.07) is 1.67. The molecule has 2 aliphatic rings. The molecule has 1 aliphatic carbocycles. The molecule has 0 saturated carbocycles. The molecule has 29 heavy (non-hydrogen) atoms. The number of aromatic nitrogens is 3. The molecule has 154 valence electrons. The number of esters is 1. The van der Waals surface area contributed by atoms with Crippen LogP contribution in [0.5, 0.6) is 0 Å². The summed E-state index contributed by atoms with van der Waals surface area (Å²) in [6.45, 7) is 4.97. The van der Waals surface area contributed by atoms with Gasteiger partial charge in [0, 0.05) is 30.1 Å². The van der Waals surface area contributed by atoms with Crippen LogP contribution in [-0.2, 0) is 21.4 Å². The van der Waals surface area contributed by atoms with Gasteiger partial charge in [-0.15, -0.1) is 0 Å². The van der Waals surface area contributed by atoms with Crippen LogP contribution >= 0.6 is 0 Å². The third-order valence-electron chi connectivity index (χ3n) is 5.81. The highest BCUT2D eigenvalue weighted by Crippen LogP contribution is 2.46. The van der Waals surface area contributed by atoms with Crippen molar-refractivity contribution in [2.24, 2.45) is 0 Å². The zero-order valence-electron chi connectivity index (χ0n) is 16.9. The number of hydrogen-bond acceptors (Lipinski definition) is 8. The van der Waals surface area contributed by atoms with Gasteiger partial charge < -0.3 is 19.5 Å². The van der Waals surface area contributed by atoms with Crippen LogP contribution in [0.1, 0.15) is 52.6 Å². The van der Waals surface area contributed by atoms with Crippen LogP contribution in [0.4, 0.5) is 5.82 Å². The molecule has 3 heterocycles. The van der Waals surface area contributed by atoms with Crippen molar-refractivity contribution in [3.05, 3.63) is 34.6 Å². The highest BCUT2D eigenvalue weighted by atomic mass is 16.5. The number of hydrogen-bond donors (Lipinski definition) is 1. The van der Waals surface area contributed by atoms with Gasteiger partial charge in [0.25, 0.3) is 5.91 Å². The molecule has 0 bridgehead atoms. The Bertz CT molecular complexity index is 956. The SMILES string of the molecule is COC(=O)CNc1nc(C)nc2c1CCC21CCCN(C(=O)c2cc(C)on2)C1. The molecule has 4 rings (SSSR count). The summed E-state index contributed by atoms with van der Waals surface area (Å²) >= 11 is 0. The van der Waals surface area contributed by atoms with Crippen LogP contribution in [0.3, 0.4) is 0 Å². The molecule has 9 heteroatoms. The Hall–Kier alpha value is -2.97. The van der Waals surface area contributed by atoms with Crippen molar-refractivity contribution in [1.29, 1.82) is 0 Å². The van der Waals surface area contributed by atoms with E-state index < -0.39 is 0 Å². The number of nitrogens with one attached hydrogen (secondary N) is 1. The van der Waals surface area contributed by atoms with Crippen LogP contribution in [0, 0.1) is 13.8 Å². The van der Waals surface area contributed by atoms with Gasteiger partial charge in [0.1, 0.15) is 23.9 Å². The molecule has 2 aromatic rings. The van der Waals surface area contributed by atoms with E-state index in [0.717, 1.165) is 36.9 Å². The molecule has 0 radical (unpaired) electrons. The van der Waals surface area contributed by atoms with Crippen molar-refractivity contribution in [3.8, 4) is 0 Å². The average Bonchev–Trinajstić information content (AvgIpc) is 3.30. The maximum atomic E-state index is 12.9. The van der Waals surface area contributed by atoms with E-state index in [0.29, 0.717) is 36.2 Å². The van der Waals surface area contributed by atoms with E-state index in [1.165, 1.54) is 7.11 Å². The number of likely N-dealkylation sites (tertiary alicyclic amines) is 1. The lowest BCUT2D eigenvalue weighted by molar-refractivity contribution is -0.138. The van der Waals surface area contributed by atoms with Crippen LogP contribution in [0.25, 0.3) is 0 Å². The first-order valence-corrected chi connectivity index (χ1v) is 9.83. The Balaban J connectivity index is 1.61.